The molecule has 0 aromatic heterocycles. The van der Waals surface area contributed by atoms with E-state index >= 15 is 0 Å². The monoisotopic (exact) mass is 227 g/mol. The summed E-state index contributed by atoms with van der Waals surface area (Å²) in [6.07, 6.45) is 0.902. The van der Waals surface area contributed by atoms with Crippen molar-refractivity contribution >= 4 is 11.8 Å². The van der Waals surface area contributed by atoms with Gasteiger partial charge in [0.05, 0.1) is 0 Å². The summed E-state index contributed by atoms with van der Waals surface area (Å²) in [4.78, 5) is 26.5. The maximum Gasteiger partial charge on any atom is 0.312 e. The van der Waals surface area contributed by atoms with Gasteiger partial charge in [0.15, 0.2) is 0 Å². The van der Waals surface area contributed by atoms with Crippen molar-refractivity contribution in [1.29, 1.82) is 0 Å². The Hall–Kier alpha value is -1.10. The van der Waals surface area contributed by atoms with E-state index in [2.05, 4.69) is 12.2 Å². The summed E-state index contributed by atoms with van der Waals surface area (Å²) in [5.41, 5.74) is 0. The van der Waals surface area contributed by atoms with Gasteiger partial charge in [-0.15, -0.1) is 0 Å². The van der Waals surface area contributed by atoms with Crippen LogP contribution in [0, 0.1) is 0 Å². The van der Waals surface area contributed by atoms with Gasteiger partial charge in [-0.3, -0.25) is 9.59 Å². The van der Waals surface area contributed by atoms with Gasteiger partial charge in [-0.05, 0) is 26.4 Å². The molecule has 1 aliphatic rings. The van der Waals surface area contributed by atoms with E-state index in [-0.39, 0.29) is 11.8 Å². The van der Waals surface area contributed by atoms with Crippen molar-refractivity contribution in [2.45, 2.75) is 20.3 Å². The van der Waals surface area contributed by atoms with Gasteiger partial charge in [0.2, 0.25) is 0 Å². The highest BCUT2D eigenvalue weighted by Crippen LogP contribution is 2.05. The number of carbonyl (C=O) groups excluding carboxylic acids is 2. The third kappa shape index (κ3) is 3.20. The summed E-state index contributed by atoms with van der Waals surface area (Å²) in [7, 11) is 0. The maximum absolute atomic E-state index is 11.7. The Morgan fingerprint density at radius 2 is 1.75 bits per heavy atom. The van der Waals surface area contributed by atoms with Gasteiger partial charge in [0, 0.05) is 26.2 Å². The Morgan fingerprint density at radius 1 is 1.12 bits per heavy atom. The number of nitrogens with zero attached hydrogens (tertiary/aromatic N) is 2. The summed E-state index contributed by atoms with van der Waals surface area (Å²) >= 11 is 0. The van der Waals surface area contributed by atoms with Crippen LogP contribution in [0.15, 0.2) is 0 Å². The quantitative estimate of drug-likeness (QED) is 0.499. The van der Waals surface area contributed by atoms with Crippen molar-refractivity contribution in [3.8, 4) is 0 Å². The predicted octanol–water partition coefficient (Wildman–Crippen LogP) is -0.323. The second kappa shape index (κ2) is 6.48. The Morgan fingerprint density at radius 3 is 2.38 bits per heavy atom. The van der Waals surface area contributed by atoms with Crippen molar-refractivity contribution < 1.29 is 9.59 Å². The summed E-state index contributed by atoms with van der Waals surface area (Å²) < 4.78 is 0. The van der Waals surface area contributed by atoms with E-state index in [1.54, 1.807) is 9.80 Å². The highest BCUT2D eigenvalue weighted by molar-refractivity contribution is 6.35. The molecule has 1 rings (SSSR count). The molecule has 0 aromatic rings. The second-order valence-corrected chi connectivity index (χ2v) is 3.88. The molecule has 0 aliphatic carbocycles. The molecule has 0 unspecified atom stereocenters. The van der Waals surface area contributed by atoms with Gasteiger partial charge in [-0.1, -0.05) is 6.92 Å². The summed E-state index contributed by atoms with van der Waals surface area (Å²) in [5.74, 6) is -0.693. The minimum atomic E-state index is -0.350. The summed E-state index contributed by atoms with van der Waals surface area (Å²) in [5, 5.41) is 3.20. The average molecular weight is 227 g/mol. The minimum Gasteiger partial charge on any atom is -0.333 e. The van der Waals surface area contributed by atoms with E-state index in [0.717, 1.165) is 19.5 Å². The first-order valence-corrected chi connectivity index (χ1v) is 5.99. The Bertz CT molecular complexity index is 256. The smallest absolute Gasteiger partial charge is 0.312 e. The van der Waals surface area contributed by atoms with Crippen LogP contribution in [-0.2, 0) is 9.59 Å². The highest BCUT2D eigenvalue weighted by Gasteiger charge is 2.30. The molecule has 1 N–H and O–H groups in total. The third-order valence-corrected chi connectivity index (χ3v) is 2.81. The van der Waals surface area contributed by atoms with Gasteiger partial charge in [0.25, 0.3) is 0 Å². The largest absolute Gasteiger partial charge is 0.333 e. The van der Waals surface area contributed by atoms with Crippen molar-refractivity contribution in [3.63, 3.8) is 0 Å². The van der Waals surface area contributed by atoms with Crippen LogP contribution in [0.4, 0.5) is 0 Å². The number of rotatable bonds is 6. The molecular weight excluding hydrogens is 206 g/mol. The number of carbonyl (C=O) groups is 2. The third-order valence-electron chi connectivity index (χ3n) is 2.81. The van der Waals surface area contributed by atoms with Gasteiger partial charge in [0.1, 0.15) is 0 Å². The first-order chi connectivity index (χ1) is 7.70. The number of amides is 2. The molecule has 5 heteroatoms. The molecule has 1 saturated heterocycles. The number of hydrogen-bond donors (Lipinski definition) is 1. The molecular formula is C11H21N3O2. The van der Waals surface area contributed by atoms with Crippen LogP contribution in [0.25, 0.3) is 0 Å². The lowest BCUT2D eigenvalue weighted by atomic mass is 10.2. The fraction of sp³-hybridized carbons (Fsp3) is 0.818. The van der Waals surface area contributed by atoms with Gasteiger partial charge < -0.3 is 15.1 Å². The fourth-order valence-corrected chi connectivity index (χ4v) is 1.80. The molecule has 1 fully saturated rings. The molecule has 0 atom stereocenters. The molecule has 0 aromatic carbocycles. The number of piperazine rings is 1. The average Bonchev–Trinajstić information content (AvgIpc) is 2.30. The van der Waals surface area contributed by atoms with Crippen molar-refractivity contribution in [3.05, 3.63) is 0 Å². The zero-order valence-corrected chi connectivity index (χ0v) is 10.2. The molecule has 5 nitrogen and oxygen atoms in total. The Balaban J connectivity index is 2.34. The van der Waals surface area contributed by atoms with Crippen LogP contribution < -0.4 is 5.32 Å². The number of hydrogen-bond acceptors (Lipinski definition) is 3. The zero-order valence-electron chi connectivity index (χ0n) is 10.2. The van der Waals surface area contributed by atoms with Crippen LogP contribution in [0.3, 0.4) is 0 Å². The normalized spacial score (nSPS) is 17.1. The fourth-order valence-electron chi connectivity index (χ4n) is 1.80. The van der Waals surface area contributed by atoms with E-state index in [1.807, 2.05) is 6.92 Å². The first kappa shape index (κ1) is 13.0. The van der Waals surface area contributed by atoms with E-state index in [9.17, 15) is 9.59 Å². The molecule has 16 heavy (non-hydrogen) atoms. The van der Waals surface area contributed by atoms with E-state index < -0.39 is 0 Å². The summed E-state index contributed by atoms with van der Waals surface area (Å²) in [6, 6.07) is 0. The molecule has 0 bridgehead atoms. The predicted molar refractivity (Wildman–Crippen MR) is 62.0 cm³/mol. The molecule has 1 heterocycles. The van der Waals surface area contributed by atoms with Gasteiger partial charge in [-0.25, -0.2) is 0 Å². The van der Waals surface area contributed by atoms with E-state index in [0.29, 0.717) is 26.2 Å². The first-order valence-electron chi connectivity index (χ1n) is 5.99. The standard InChI is InChI=1S/C11H21N3O2/c1-3-12-6-5-7-14-9-8-13(4-2)10(15)11(14)16/h12H,3-9H2,1-2H3. The Kier molecular flexibility index (Phi) is 5.25. The molecule has 0 radical (unpaired) electrons. The van der Waals surface area contributed by atoms with Crippen molar-refractivity contribution in [2.24, 2.45) is 0 Å². The van der Waals surface area contributed by atoms with Crippen molar-refractivity contribution in [2.75, 3.05) is 39.3 Å². The minimum absolute atomic E-state index is 0.343. The Labute approximate surface area is 96.8 Å². The lowest BCUT2D eigenvalue weighted by Crippen LogP contribution is -2.54. The van der Waals surface area contributed by atoms with Crippen molar-refractivity contribution in [1.82, 2.24) is 15.1 Å². The molecule has 0 spiro atoms. The van der Waals surface area contributed by atoms with E-state index in [4.69, 9.17) is 0 Å². The molecule has 2 amide bonds. The highest BCUT2D eigenvalue weighted by atomic mass is 16.2. The van der Waals surface area contributed by atoms with Crippen LogP contribution in [0.2, 0.25) is 0 Å². The molecule has 0 saturated carbocycles. The number of likely N-dealkylation sites (N-methyl/N-ethyl adjacent to an activating group) is 1. The van der Waals surface area contributed by atoms with Crippen LogP contribution in [-0.4, -0.2) is 60.9 Å². The second-order valence-electron chi connectivity index (χ2n) is 3.88. The molecule has 1 aliphatic heterocycles. The topological polar surface area (TPSA) is 52.6 Å². The maximum atomic E-state index is 11.7. The van der Waals surface area contributed by atoms with Crippen LogP contribution in [0.1, 0.15) is 20.3 Å². The summed E-state index contributed by atoms with van der Waals surface area (Å²) in [6.45, 7) is 8.42. The van der Waals surface area contributed by atoms with Gasteiger partial charge >= 0.3 is 11.8 Å². The van der Waals surface area contributed by atoms with Crippen LogP contribution >= 0.6 is 0 Å². The lowest BCUT2D eigenvalue weighted by molar-refractivity contribution is -0.155. The lowest BCUT2D eigenvalue weighted by Gasteiger charge is -2.33. The van der Waals surface area contributed by atoms with Gasteiger partial charge in [-0.2, -0.15) is 0 Å². The van der Waals surface area contributed by atoms with Crippen LogP contribution in [0.5, 0.6) is 0 Å². The van der Waals surface area contributed by atoms with E-state index in [1.165, 1.54) is 0 Å². The SMILES string of the molecule is CCNCCCN1CCN(CC)C(=O)C1=O. The number of nitrogens with one attached hydrogen (secondary N) is 1. The molecule has 92 valence electrons. The zero-order chi connectivity index (χ0) is 12.0.